The molecule has 0 N–H and O–H groups in total. The van der Waals surface area contributed by atoms with Gasteiger partial charge in [0.2, 0.25) is 0 Å². The highest BCUT2D eigenvalue weighted by molar-refractivity contribution is 6.00. The monoisotopic (exact) mass is 412 g/mol. The van der Waals surface area contributed by atoms with Gasteiger partial charge in [-0.2, -0.15) is 0 Å². The Hall–Kier alpha value is -1.06. The van der Waals surface area contributed by atoms with E-state index in [2.05, 4.69) is 27.7 Å². The number of esters is 2. The van der Waals surface area contributed by atoms with E-state index in [1.165, 1.54) is 38.5 Å². The summed E-state index contributed by atoms with van der Waals surface area (Å²) in [4.78, 5) is 26.1. The second-order valence-corrected chi connectivity index (χ2v) is 8.39. The van der Waals surface area contributed by atoms with Gasteiger partial charge >= 0.3 is 11.9 Å². The van der Waals surface area contributed by atoms with E-state index in [-0.39, 0.29) is 11.9 Å². The summed E-state index contributed by atoms with van der Waals surface area (Å²) in [5, 5.41) is 0. The van der Waals surface area contributed by atoms with E-state index in [9.17, 15) is 9.59 Å². The van der Waals surface area contributed by atoms with Crippen LogP contribution in [0.25, 0.3) is 0 Å². The van der Waals surface area contributed by atoms with E-state index in [0.717, 1.165) is 51.4 Å². The van der Waals surface area contributed by atoms with Crippen molar-refractivity contribution >= 4 is 11.9 Å². The molecule has 4 nitrogen and oxygen atoms in total. The molecule has 0 aliphatic heterocycles. The molecule has 0 unspecified atom stereocenters. The third-order valence-electron chi connectivity index (χ3n) is 5.66. The Bertz CT molecular complexity index is 368. The van der Waals surface area contributed by atoms with Crippen LogP contribution in [0.1, 0.15) is 130 Å². The molecule has 4 heteroatoms. The molecule has 0 aromatic rings. The normalized spacial score (nSPS) is 11.4. The molecule has 172 valence electrons. The van der Waals surface area contributed by atoms with Gasteiger partial charge in [0.25, 0.3) is 0 Å². The van der Waals surface area contributed by atoms with Crippen molar-refractivity contribution in [3.63, 3.8) is 0 Å². The smallest absolute Gasteiger partial charge is 0.323 e. The quantitative estimate of drug-likeness (QED) is 0.119. The largest absolute Gasteiger partial charge is 0.465 e. The lowest BCUT2D eigenvalue weighted by Crippen LogP contribution is -2.42. The lowest BCUT2D eigenvalue weighted by Gasteiger charge is -2.29. The minimum Gasteiger partial charge on any atom is -0.465 e. The average Bonchev–Trinajstić information content (AvgIpc) is 2.73. The van der Waals surface area contributed by atoms with Crippen LogP contribution in [0.5, 0.6) is 0 Å². The number of hydrogen-bond donors (Lipinski definition) is 0. The van der Waals surface area contributed by atoms with Crippen LogP contribution in [0.2, 0.25) is 0 Å². The first-order valence-corrected chi connectivity index (χ1v) is 12.4. The first-order chi connectivity index (χ1) is 14.1. The molecule has 0 aromatic heterocycles. The molecule has 0 saturated carbocycles. The summed E-state index contributed by atoms with van der Waals surface area (Å²) in [6.07, 6.45) is 15.7. The molecule has 0 saturated heterocycles. The molecule has 0 fully saturated rings. The summed E-state index contributed by atoms with van der Waals surface area (Å²) < 4.78 is 11.2. The van der Waals surface area contributed by atoms with Gasteiger partial charge in [0, 0.05) is 0 Å². The second kappa shape index (κ2) is 18.9. The zero-order valence-electron chi connectivity index (χ0n) is 19.9. The minimum atomic E-state index is -1.11. The van der Waals surface area contributed by atoms with Crippen molar-refractivity contribution in [1.29, 1.82) is 0 Å². The molecular formula is C25H48O4. The number of rotatable bonds is 20. The molecule has 0 heterocycles. The highest BCUT2D eigenvalue weighted by Crippen LogP contribution is 2.35. The molecule has 0 aliphatic rings. The number of carbonyl (C=O) groups is 2. The first-order valence-electron chi connectivity index (χ1n) is 12.4. The lowest BCUT2D eigenvalue weighted by atomic mass is 9.78. The Labute approximate surface area is 180 Å². The molecule has 0 bridgehead atoms. The van der Waals surface area contributed by atoms with Gasteiger partial charge in [-0.3, -0.25) is 9.59 Å². The zero-order valence-corrected chi connectivity index (χ0v) is 19.9. The van der Waals surface area contributed by atoms with Crippen molar-refractivity contribution in [2.45, 2.75) is 130 Å². The van der Waals surface area contributed by atoms with Gasteiger partial charge < -0.3 is 9.47 Å². The first kappa shape index (κ1) is 27.9. The van der Waals surface area contributed by atoms with E-state index in [0.29, 0.717) is 26.1 Å². The Morgan fingerprint density at radius 3 is 1.21 bits per heavy atom. The van der Waals surface area contributed by atoms with E-state index < -0.39 is 5.41 Å². The summed E-state index contributed by atoms with van der Waals surface area (Å²) in [5.41, 5.74) is -1.11. The predicted octanol–water partition coefficient (Wildman–Crippen LogP) is 7.38. The number of unbranched alkanes of at least 4 members (excludes halogenated alkanes) is 10. The standard InChI is InChI=1S/C25H48O4/c1-5-9-13-15-17-21-28-23(26)25(19-11-7-3,20-12-8-4)24(27)29-22-18-16-14-10-6-2/h5-22H2,1-4H3. The van der Waals surface area contributed by atoms with Gasteiger partial charge in [0.1, 0.15) is 0 Å². The molecule has 29 heavy (non-hydrogen) atoms. The third kappa shape index (κ3) is 12.3. The zero-order chi connectivity index (χ0) is 21.8. The second-order valence-electron chi connectivity index (χ2n) is 8.39. The lowest BCUT2D eigenvalue weighted by molar-refractivity contribution is -0.174. The van der Waals surface area contributed by atoms with E-state index >= 15 is 0 Å². The van der Waals surface area contributed by atoms with Gasteiger partial charge in [-0.05, 0) is 25.7 Å². The predicted molar refractivity (Wildman–Crippen MR) is 121 cm³/mol. The molecule has 0 spiro atoms. The molecule has 0 aromatic carbocycles. The summed E-state index contributed by atoms with van der Waals surface area (Å²) in [7, 11) is 0. The van der Waals surface area contributed by atoms with Crippen molar-refractivity contribution in [3.8, 4) is 0 Å². The Morgan fingerprint density at radius 1 is 0.517 bits per heavy atom. The van der Waals surface area contributed by atoms with Crippen molar-refractivity contribution in [1.82, 2.24) is 0 Å². The van der Waals surface area contributed by atoms with Gasteiger partial charge in [0.05, 0.1) is 13.2 Å². The van der Waals surface area contributed by atoms with Gasteiger partial charge in [0.15, 0.2) is 5.41 Å². The highest BCUT2D eigenvalue weighted by atomic mass is 16.6. The van der Waals surface area contributed by atoms with Crippen molar-refractivity contribution < 1.29 is 19.1 Å². The van der Waals surface area contributed by atoms with E-state index in [4.69, 9.17) is 9.47 Å². The minimum absolute atomic E-state index is 0.356. The maximum Gasteiger partial charge on any atom is 0.323 e. The van der Waals surface area contributed by atoms with Crippen molar-refractivity contribution in [3.05, 3.63) is 0 Å². The average molecular weight is 413 g/mol. The van der Waals surface area contributed by atoms with Gasteiger partial charge in [-0.1, -0.05) is 105 Å². The summed E-state index contributed by atoms with van der Waals surface area (Å²) in [6.45, 7) is 9.36. The topological polar surface area (TPSA) is 52.6 Å². The molecular weight excluding hydrogens is 364 g/mol. The molecule has 0 atom stereocenters. The van der Waals surface area contributed by atoms with Crippen LogP contribution in [-0.4, -0.2) is 25.2 Å². The van der Waals surface area contributed by atoms with Crippen LogP contribution >= 0.6 is 0 Å². The Morgan fingerprint density at radius 2 is 0.862 bits per heavy atom. The number of ether oxygens (including phenoxy) is 2. The fraction of sp³-hybridized carbons (Fsp3) is 0.920. The third-order valence-corrected chi connectivity index (χ3v) is 5.66. The van der Waals surface area contributed by atoms with Crippen LogP contribution in [0, 0.1) is 5.41 Å². The van der Waals surface area contributed by atoms with Crippen LogP contribution in [0.3, 0.4) is 0 Å². The van der Waals surface area contributed by atoms with E-state index in [1.807, 2.05) is 0 Å². The molecule has 0 radical (unpaired) electrons. The van der Waals surface area contributed by atoms with Crippen molar-refractivity contribution in [2.24, 2.45) is 5.41 Å². The van der Waals surface area contributed by atoms with E-state index in [1.54, 1.807) is 0 Å². The maximum atomic E-state index is 13.1. The highest BCUT2D eigenvalue weighted by Gasteiger charge is 2.47. The molecule has 0 rings (SSSR count). The maximum absolute atomic E-state index is 13.1. The van der Waals surface area contributed by atoms with Crippen LogP contribution < -0.4 is 0 Å². The fourth-order valence-corrected chi connectivity index (χ4v) is 3.59. The SMILES string of the molecule is CCCCCCCOC(=O)C(CCCC)(CCCC)C(=O)OCCCCCCC. The van der Waals surface area contributed by atoms with Gasteiger partial charge in [-0.25, -0.2) is 0 Å². The summed E-state index contributed by atoms with van der Waals surface area (Å²) in [6, 6.07) is 0. The number of carbonyl (C=O) groups excluding carboxylic acids is 2. The Kier molecular flexibility index (Phi) is 18.2. The Balaban J connectivity index is 4.86. The summed E-state index contributed by atoms with van der Waals surface area (Å²) >= 11 is 0. The summed E-state index contributed by atoms with van der Waals surface area (Å²) in [5.74, 6) is -0.711. The fourth-order valence-electron chi connectivity index (χ4n) is 3.59. The molecule has 0 amide bonds. The van der Waals surface area contributed by atoms with Crippen LogP contribution in [0.4, 0.5) is 0 Å². The van der Waals surface area contributed by atoms with Crippen LogP contribution in [0.15, 0.2) is 0 Å². The van der Waals surface area contributed by atoms with Gasteiger partial charge in [-0.15, -0.1) is 0 Å². The van der Waals surface area contributed by atoms with Crippen LogP contribution in [-0.2, 0) is 19.1 Å². The molecule has 0 aliphatic carbocycles. The number of hydrogen-bond acceptors (Lipinski definition) is 4. The van der Waals surface area contributed by atoms with Crippen molar-refractivity contribution in [2.75, 3.05) is 13.2 Å².